The molecule has 6 heteroatoms. The molecule has 0 aromatic rings. The summed E-state index contributed by atoms with van der Waals surface area (Å²) in [4.78, 5) is 32.5. The fourth-order valence-corrected chi connectivity index (χ4v) is 1.56. The van der Waals surface area contributed by atoms with Crippen LogP contribution in [0.15, 0.2) is 12.7 Å². The summed E-state index contributed by atoms with van der Waals surface area (Å²) in [5, 5.41) is 17.5. The number of rotatable bonds is 9. The maximum Gasteiger partial charge on any atom is 0.330 e. The largest absolute Gasteiger partial charge is 0.481 e. The summed E-state index contributed by atoms with van der Waals surface area (Å²) < 4.78 is 4.99. The van der Waals surface area contributed by atoms with Gasteiger partial charge in [-0.25, -0.2) is 4.79 Å². The van der Waals surface area contributed by atoms with Crippen molar-refractivity contribution < 1.29 is 29.3 Å². The van der Waals surface area contributed by atoms with Crippen LogP contribution in [0.4, 0.5) is 0 Å². The number of carbonyl (C=O) groups excluding carboxylic acids is 1. The molecule has 0 radical (unpaired) electrons. The van der Waals surface area contributed by atoms with Gasteiger partial charge in [0.1, 0.15) is 6.10 Å². The van der Waals surface area contributed by atoms with Crippen molar-refractivity contribution in [3.05, 3.63) is 12.7 Å². The molecule has 0 fully saturated rings. The van der Waals surface area contributed by atoms with Crippen LogP contribution in [0, 0.1) is 5.92 Å². The predicted molar refractivity (Wildman–Crippen MR) is 63.0 cm³/mol. The molecule has 2 unspecified atom stereocenters. The zero-order valence-electron chi connectivity index (χ0n) is 10.3. The molecular formula is C12H18O6. The van der Waals surface area contributed by atoms with Crippen molar-refractivity contribution in [1.82, 2.24) is 0 Å². The number of carboxylic acids is 2. The minimum absolute atomic E-state index is 0.00491. The van der Waals surface area contributed by atoms with E-state index < -0.39 is 36.4 Å². The number of ether oxygens (including phenoxy) is 1. The second kappa shape index (κ2) is 8.27. The molecule has 0 aliphatic carbocycles. The van der Waals surface area contributed by atoms with Crippen LogP contribution >= 0.6 is 0 Å². The van der Waals surface area contributed by atoms with Gasteiger partial charge < -0.3 is 14.9 Å². The van der Waals surface area contributed by atoms with E-state index in [0.717, 1.165) is 6.08 Å². The topological polar surface area (TPSA) is 101 Å². The number of hydrogen-bond acceptors (Lipinski definition) is 4. The summed E-state index contributed by atoms with van der Waals surface area (Å²) in [6.45, 7) is 5.11. The van der Waals surface area contributed by atoms with E-state index >= 15 is 0 Å². The minimum atomic E-state index is -1.20. The minimum Gasteiger partial charge on any atom is -0.481 e. The highest BCUT2D eigenvalue weighted by Crippen LogP contribution is 2.18. The van der Waals surface area contributed by atoms with E-state index in [-0.39, 0.29) is 6.42 Å². The second-order valence-electron chi connectivity index (χ2n) is 3.92. The Morgan fingerprint density at radius 2 is 1.94 bits per heavy atom. The Kier molecular flexibility index (Phi) is 7.42. The van der Waals surface area contributed by atoms with Crippen molar-refractivity contribution in [2.24, 2.45) is 5.92 Å². The molecule has 0 aromatic heterocycles. The van der Waals surface area contributed by atoms with Gasteiger partial charge in [0.15, 0.2) is 0 Å². The highest BCUT2D eigenvalue weighted by Gasteiger charge is 2.26. The highest BCUT2D eigenvalue weighted by atomic mass is 16.5. The van der Waals surface area contributed by atoms with Crippen LogP contribution in [0.3, 0.4) is 0 Å². The third-order valence-corrected chi connectivity index (χ3v) is 2.38. The van der Waals surface area contributed by atoms with Gasteiger partial charge in [-0.3, -0.25) is 9.59 Å². The number of hydrogen-bond donors (Lipinski definition) is 2. The molecule has 6 nitrogen and oxygen atoms in total. The smallest absolute Gasteiger partial charge is 0.330 e. The van der Waals surface area contributed by atoms with E-state index in [2.05, 4.69) is 6.58 Å². The maximum absolute atomic E-state index is 11.1. The van der Waals surface area contributed by atoms with Crippen LogP contribution in [0.2, 0.25) is 0 Å². The van der Waals surface area contributed by atoms with Crippen LogP contribution in [0.1, 0.15) is 32.6 Å². The monoisotopic (exact) mass is 258 g/mol. The van der Waals surface area contributed by atoms with Crippen LogP contribution in [0.5, 0.6) is 0 Å². The van der Waals surface area contributed by atoms with E-state index in [1.165, 1.54) is 0 Å². The molecule has 0 amide bonds. The van der Waals surface area contributed by atoms with Gasteiger partial charge in [0.05, 0.1) is 12.3 Å². The van der Waals surface area contributed by atoms with Crippen LogP contribution in [0.25, 0.3) is 0 Å². The number of aliphatic carboxylic acids is 2. The molecule has 0 saturated heterocycles. The van der Waals surface area contributed by atoms with E-state index in [4.69, 9.17) is 14.9 Å². The highest BCUT2D eigenvalue weighted by molar-refractivity contribution is 5.81. The summed E-state index contributed by atoms with van der Waals surface area (Å²) in [5.74, 6) is -4.08. The Morgan fingerprint density at radius 3 is 2.33 bits per heavy atom. The zero-order valence-corrected chi connectivity index (χ0v) is 10.3. The Labute approximate surface area is 105 Å². The first-order valence-electron chi connectivity index (χ1n) is 5.68. The summed E-state index contributed by atoms with van der Waals surface area (Å²) in [5.41, 5.74) is 0. The van der Waals surface area contributed by atoms with E-state index in [9.17, 15) is 14.4 Å². The molecule has 0 aromatic carbocycles. The number of esters is 1. The zero-order chi connectivity index (χ0) is 14.1. The van der Waals surface area contributed by atoms with Crippen LogP contribution in [-0.4, -0.2) is 34.2 Å². The molecule has 0 aliphatic rings. The Morgan fingerprint density at radius 1 is 1.33 bits per heavy atom. The first kappa shape index (κ1) is 16.1. The van der Waals surface area contributed by atoms with Crippen molar-refractivity contribution in [3.63, 3.8) is 0 Å². The summed E-state index contributed by atoms with van der Waals surface area (Å²) >= 11 is 0. The number of carboxylic acid groups (broad SMARTS) is 2. The molecule has 0 saturated carbocycles. The lowest BCUT2D eigenvalue weighted by Gasteiger charge is -2.19. The lowest BCUT2D eigenvalue weighted by molar-refractivity contribution is -0.152. The molecule has 18 heavy (non-hydrogen) atoms. The van der Waals surface area contributed by atoms with Gasteiger partial charge in [-0.05, 0) is 12.8 Å². The van der Waals surface area contributed by atoms with Gasteiger partial charge in [-0.15, -0.1) is 0 Å². The SMILES string of the molecule is C=CC(=O)OC(CCC)CC(CC(=O)O)C(=O)O. The fourth-order valence-electron chi connectivity index (χ4n) is 1.56. The van der Waals surface area contributed by atoms with Crippen molar-refractivity contribution >= 4 is 17.9 Å². The van der Waals surface area contributed by atoms with Crippen molar-refractivity contribution in [3.8, 4) is 0 Å². The molecule has 2 N–H and O–H groups in total. The Bertz CT molecular complexity index is 323. The van der Waals surface area contributed by atoms with E-state index in [0.29, 0.717) is 12.8 Å². The van der Waals surface area contributed by atoms with Gasteiger partial charge in [-0.1, -0.05) is 19.9 Å². The molecule has 0 aliphatic heterocycles. The third-order valence-electron chi connectivity index (χ3n) is 2.38. The Balaban J connectivity index is 4.58. The standard InChI is InChI=1S/C12H18O6/c1-3-5-9(18-11(15)4-2)6-8(12(16)17)7-10(13)14/h4,8-9H,2-3,5-7H2,1H3,(H,13,14)(H,16,17). The Hall–Kier alpha value is -1.85. The van der Waals surface area contributed by atoms with E-state index in [1.54, 1.807) is 0 Å². The fraction of sp³-hybridized carbons (Fsp3) is 0.583. The summed E-state index contributed by atoms with van der Waals surface area (Å²) in [6.07, 6.45) is 1.10. The summed E-state index contributed by atoms with van der Waals surface area (Å²) in [6, 6.07) is 0. The van der Waals surface area contributed by atoms with Gasteiger partial charge in [-0.2, -0.15) is 0 Å². The molecule has 0 spiro atoms. The van der Waals surface area contributed by atoms with E-state index in [1.807, 2.05) is 6.92 Å². The first-order valence-corrected chi connectivity index (χ1v) is 5.68. The lowest BCUT2D eigenvalue weighted by Crippen LogP contribution is -2.26. The molecular weight excluding hydrogens is 240 g/mol. The molecule has 0 bridgehead atoms. The van der Waals surface area contributed by atoms with Gasteiger partial charge in [0, 0.05) is 6.08 Å². The second-order valence-corrected chi connectivity index (χ2v) is 3.92. The van der Waals surface area contributed by atoms with Crippen molar-refractivity contribution in [2.45, 2.75) is 38.7 Å². The van der Waals surface area contributed by atoms with Gasteiger partial charge >= 0.3 is 17.9 Å². The lowest BCUT2D eigenvalue weighted by atomic mass is 9.96. The maximum atomic E-state index is 11.1. The predicted octanol–water partition coefficient (Wildman–Crippen LogP) is 1.45. The molecule has 0 heterocycles. The third kappa shape index (κ3) is 6.67. The quantitative estimate of drug-likeness (QED) is 0.479. The average molecular weight is 258 g/mol. The summed E-state index contributed by atoms with van der Waals surface area (Å²) in [7, 11) is 0. The molecule has 102 valence electrons. The van der Waals surface area contributed by atoms with Crippen molar-refractivity contribution in [1.29, 1.82) is 0 Å². The van der Waals surface area contributed by atoms with Gasteiger partial charge in [0.2, 0.25) is 0 Å². The van der Waals surface area contributed by atoms with Crippen LogP contribution in [-0.2, 0) is 19.1 Å². The van der Waals surface area contributed by atoms with Gasteiger partial charge in [0.25, 0.3) is 0 Å². The molecule has 0 rings (SSSR count). The normalized spacial score (nSPS) is 13.4. The average Bonchev–Trinajstić information content (AvgIpc) is 2.27. The molecule has 2 atom stereocenters. The number of carbonyl (C=O) groups is 3. The van der Waals surface area contributed by atoms with Crippen molar-refractivity contribution in [2.75, 3.05) is 0 Å². The first-order chi connectivity index (χ1) is 8.40. The van der Waals surface area contributed by atoms with Crippen LogP contribution < -0.4 is 0 Å².